The highest BCUT2D eigenvalue weighted by Gasteiger charge is 2.26. The molecule has 0 aromatic carbocycles. The maximum atomic E-state index is 16.0. The molecule has 0 amide bonds. The highest BCUT2D eigenvalue weighted by atomic mass is 32.1. The normalized spacial score (nSPS) is 14.7. The van der Waals surface area contributed by atoms with Gasteiger partial charge in [0.2, 0.25) is 0 Å². The minimum absolute atomic E-state index is 0.165. The van der Waals surface area contributed by atoms with Crippen LogP contribution in [0, 0.1) is 16.9 Å². The van der Waals surface area contributed by atoms with E-state index in [1.165, 1.54) is 12.3 Å². The molecule has 1 aliphatic rings. The lowest BCUT2D eigenvalue weighted by Gasteiger charge is -2.31. The van der Waals surface area contributed by atoms with Crippen LogP contribution in [0.4, 0.5) is 14.5 Å². The topological polar surface area (TPSA) is 128 Å². The van der Waals surface area contributed by atoms with Crippen LogP contribution in [0.15, 0.2) is 49.1 Å². The van der Waals surface area contributed by atoms with Crippen LogP contribution in [0.1, 0.15) is 19.3 Å². The number of nitrogens with zero attached hydrogens (tertiary/aromatic N) is 5. The Kier molecular flexibility index (Phi) is 5.37. The van der Waals surface area contributed by atoms with Crippen molar-refractivity contribution in [2.45, 2.75) is 25.5 Å². The summed E-state index contributed by atoms with van der Waals surface area (Å²) in [5, 5.41) is 20.3. The quantitative estimate of drug-likeness (QED) is 0.210. The first kappa shape index (κ1) is 22.9. The van der Waals surface area contributed by atoms with Crippen molar-refractivity contribution in [3.63, 3.8) is 0 Å². The number of fused-ring (bicyclic) bond motifs is 2. The van der Waals surface area contributed by atoms with Crippen molar-refractivity contribution in [3.05, 3.63) is 60.0 Å². The second-order valence-corrected chi connectivity index (χ2v) is 10.3. The number of anilines is 1. The Labute approximate surface area is 218 Å². The van der Waals surface area contributed by atoms with Gasteiger partial charge in [-0.05, 0) is 37.1 Å². The predicted octanol–water partition coefficient (Wildman–Crippen LogP) is 5.50. The Morgan fingerprint density at radius 3 is 2.74 bits per heavy atom. The van der Waals surface area contributed by atoms with Crippen LogP contribution >= 0.6 is 11.3 Å². The zero-order valence-electron chi connectivity index (χ0n) is 19.7. The van der Waals surface area contributed by atoms with Crippen molar-refractivity contribution in [1.82, 2.24) is 35.1 Å². The molecule has 0 aliphatic heterocycles. The number of thiophene rings is 1. The molecule has 38 heavy (non-hydrogen) atoms. The molecule has 0 radical (unpaired) electrons. The summed E-state index contributed by atoms with van der Waals surface area (Å²) in [6, 6.07) is 6.61. The summed E-state index contributed by atoms with van der Waals surface area (Å²) in [4.78, 5) is 21.4. The fourth-order valence-electron chi connectivity index (χ4n) is 4.73. The number of aliphatic hydroxyl groups is 1. The van der Waals surface area contributed by atoms with Gasteiger partial charge in [0.25, 0.3) is 0 Å². The largest absolute Gasteiger partial charge is 0.374 e. The highest BCUT2D eigenvalue weighted by molar-refractivity contribution is 7.14. The first-order valence-corrected chi connectivity index (χ1v) is 12.9. The van der Waals surface area contributed by atoms with Crippen molar-refractivity contribution in [1.29, 1.82) is 0 Å². The molecule has 6 aromatic heterocycles. The molecule has 190 valence electrons. The van der Waals surface area contributed by atoms with Crippen molar-refractivity contribution in [2.24, 2.45) is 5.92 Å². The minimum atomic E-state index is -0.677. The molecule has 1 unspecified atom stereocenters. The van der Waals surface area contributed by atoms with Gasteiger partial charge in [0.15, 0.2) is 22.2 Å². The monoisotopic (exact) mass is 530 g/mol. The van der Waals surface area contributed by atoms with E-state index in [-0.39, 0.29) is 27.6 Å². The van der Waals surface area contributed by atoms with Gasteiger partial charge in [0.05, 0.1) is 22.8 Å². The Morgan fingerprint density at radius 1 is 1.05 bits per heavy atom. The van der Waals surface area contributed by atoms with E-state index in [9.17, 15) is 9.50 Å². The molecule has 0 bridgehead atoms. The molecule has 1 aliphatic carbocycles. The van der Waals surface area contributed by atoms with Gasteiger partial charge in [-0.2, -0.15) is 9.49 Å². The number of pyridine rings is 3. The Balaban J connectivity index is 1.29. The average Bonchev–Trinajstić information content (AvgIpc) is 3.61. The number of rotatable bonds is 6. The van der Waals surface area contributed by atoms with Crippen LogP contribution in [0.2, 0.25) is 0 Å². The van der Waals surface area contributed by atoms with Crippen LogP contribution in [0.3, 0.4) is 0 Å². The van der Waals surface area contributed by atoms with Gasteiger partial charge in [-0.1, -0.05) is 6.42 Å². The number of aromatic amines is 2. The summed E-state index contributed by atoms with van der Waals surface area (Å²) in [5.41, 5.74) is 3.59. The van der Waals surface area contributed by atoms with Crippen molar-refractivity contribution in [2.75, 3.05) is 5.32 Å². The van der Waals surface area contributed by atoms with Gasteiger partial charge in [-0.3, -0.25) is 10.1 Å². The molecule has 0 saturated heterocycles. The van der Waals surface area contributed by atoms with E-state index in [1.807, 2.05) is 0 Å². The minimum Gasteiger partial charge on any atom is -0.374 e. The van der Waals surface area contributed by atoms with Gasteiger partial charge >= 0.3 is 0 Å². The third kappa shape index (κ3) is 3.80. The second-order valence-electron chi connectivity index (χ2n) is 9.27. The first-order valence-electron chi connectivity index (χ1n) is 12.1. The summed E-state index contributed by atoms with van der Waals surface area (Å²) >= 11 is 1.02. The van der Waals surface area contributed by atoms with Crippen LogP contribution in [-0.4, -0.2) is 46.5 Å². The van der Waals surface area contributed by atoms with Crippen molar-refractivity contribution >= 4 is 39.2 Å². The van der Waals surface area contributed by atoms with Gasteiger partial charge in [-0.25, -0.2) is 19.3 Å². The number of nitrogens with one attached hydrogen (secondary N) is 3. The number of aliphatic hydroxyl groups excluding tert-OH is 1. The van der Waals surface area contributed by atoms with E-state index in [0.717, 1.165) is 41.0 Å². The maximum absolute atomic E-state index is 16.0. The first-order chi connectivity index (χ1) is 18.5. The fourth-order valence-corrected chi connectivity index (χ4v) is 5.49. The van der Waals surface area contributed by atoms with E-state index in [2.05, 4.69) is 40.4 Å². The number of hydrogen-bond donors (Lipinski definition) is 4. The number of aromatic nitrogens is 7. The Hall–Kier alpha value is -4.29. The average molecular weight is 531 g/mol. The zero-order valence-corrected chi connectivity index (χ0v) is 20.6. The standard InChI is InChI=1S/C26H20F2N8OS/c27-18-5-4-17(38-18)15-6-7-30-24-21(15)33-25(34-24)22-19-20(28)16(11-31-23(19)36-35-22)13-8-14(10-29-9-13)32-26(37)12-2-1-3-12/h4-12,26,32,37H,1-3H2,(H,30,33,34)(H,31,35,36). The molecule has 1 atom stereocenters. The summed E-state index contributed by atoms with van der Waals surface area (Å²) in [7, 11) is 0. The lowest BCUT2D eigenvalue weighted by molar-refractivity contribution is 0.0851. The summed E-state index contributed by atoms with van der Waals surface area (Å²) in [6.45, 7) is 0. The third-order valence-electron chi connectivity index (χ3n) is 6.95. The number of imidazole rings is 1. The van der Waals surface area contributed by atoms with E-state index in [0.29, 0.717) is 33.9 Å². The van der Waals surface area contributed by atoms with E-state index in [4.69, 9.17) is 0 Å². The molecule has 6 heterocycles. The van der Waals surface area contributed by atoms with Crippen LogP contribution < -0.4 is 5.32 Å². The maximum Gasteiger partial charge on any atom is 0.184 e. The predicted molar refractivity (Wildman–Crippen MR) is 140 cm³/mol. The smallest absolute Gasteiger partial charge is 0.184 e. The molecular formula is C26H20F2N8OS. The molecule has 1 saturated carbocycles. The summed E-state index contributed by atoms with van der Waals surface area (Å²) in [5.74, 6) is 0.000233. The van der Waals surface area contributed by atoms with Gasteiger partial charge in [0.1, 0.15) is 17.7 Å². The SMILES string of the molecule is OC(Nc1cncc(-c2cnc3n[nH]c(-c4nc5nccc(-c6ccc(F)s6)c5[nH]4)c3c2F)c1)C1CCC1. The van der Waals surface area contributed by atoms with Crippen LogP contribution in [0.5, 0.6) is 0 Å². The van der Waals surface area contributed by atoms with Gasteiger partial charge < -0.3 is 15.4 Å². The molecule has 6 aromatic rings. The van der Waals surface area contributed by atoms with E-state index >= 15 is 4.39 Å². The summed E-state index contributed by atoms with van der Waals surface area (Å²) < 4.78 is 29.7. The third-order valence-corrected chi connectivity index (χ3v) is 7.85. The molecule has 7 rings (SSSR count). The molecular weight excluding hydrogens is 510 g/mol. The Morgan fingerprint density at radius 2 is 1.95 bits per heavy atom. The van der Waals surface area contributed by atoms with Crippen LogP contribution in [0.25, 0.3) is 55.3 Å². The lowest BCUT2D eigenvalue weighted by atomic mass is 9.84. The molecule has 9 nitrogen and oxygen atoms in total. The van der Waals surface area contributed by atoms with Crippen molar-refractivity contribution < 1.29 is 13.9 Å². The van der Waals surface area contributed by atoms with Crippen molar-refractivity contribution in [3.8, 4) is 33.1 Å². The molecule has 4 N–H and O–H groups in total. The zero-order chi connectivity index (χ0) is 25.8. The van der Waals surface area contributed by atoms with Gasteiger partial charge in [0, 0.05) is 46.1 Å². The number of halogens is 2. The molecule has 1 fully saturated rings. The van der Waals surface area contributed by atoms with E-state index in [1.54, 1.807) is 36.8 Å². The second kappa shape index (κ2) is 8.92. The number of H-pyrrole nitrogens is 2. The van der Waals surface area contributed by atoms with Gasteiger partial charge in [-0.15, -0.1) is 11.3 Å². The lowest BCUT2D eigenvalue weighted by Crippen LogP contribution is -2.33. The highest BCUT2D eigenvalue weighted by Crippen LogP contribution is 2.36. The fraction of sp³-hybridized carbons (Fsp3) is 0.192. The number of hydrogen-bond acceptors (Lipinski definition) is 8. The Bertz CT molecular complexity index is 1810. The molecule has 12 heteroatoms. The van der Waals surface area contributed by atoms with Crippen LogP contribution in [-0.2, 0) is 0 Å². The molecule has 0 spiro atoms. The van der Waals surface area contributed by atoms with E-state index < -0.39 is 12.0 Å². The summed E-state index contributed by atoms with van der Waals surface area (Å²) in [6.07, 6.45) is 8.54.